The lowest BCUT2D eigenvalue weighted by Crippen LogP contribution is -2.47. The van der Waals surface area contributed by atoms with Crippen LogP contribution in [0.1, 0.15) is 19.3 Å². The Morgan fingerprint density at radius 1 is 1.30 bits per heavy atom. The van der Waals surface area contributed by atoms with Crippen molar-refractivity contribution in [2.75, 3.05) is 6.54 Å². The molecule has 0 radical (unpaired) electrons. The molecule has 1 aromatic carbocycles. The van der Waals surface area contributed by atoms with E-state index in [1.165, 1.54) is 33.8 Å². The van der Waals surface area contributed by atoms with Gasteiger partial charge in [0.25, 0.3) is 21.6 Å². The summed E-state index contributed by atoms with van der Waals surface area (Å²) in [5.41, 5.74) is 0.543. The minimum atomic E-state index is -3.76. The lowest BCUT2D eigenvalue weighted by Gasteiger charge is -2.31. The van der Waals surface area contributed by atoms with Gasteiger partial charge >= 0.3 is 0 Å². The average Bonchev–Trinajstić information content (AvgIpc) is 3.37. The van der Waals surface area contributed by atoms with Crippen molar-refractivity contribution in [3.05, 3.63) is 50.6 Å². The highest BCUT2D eigenvalue weighted by atomic mass is 32.2. The lowest BCUT2D eigenvalue weighted by molar-refractivity contribution is -0.384. The molecule has 1 amide bonds. The highest BCUT2D eigenvalue weighted by molar-refractivity contribution is 7.91. The number of carbonyl (C=O) groups excluding carboxylic acids is 1. The van der Waals surface area contributed by atoms with Crippen LogP contribution >= 0.6 is 22.7 Å². The van der Waals surface area contributed by atoms with Crippen LogP contribution in [0, 0.1) is 10.1 Å². The lowest BCUT2D eigenvalue weighted by atomic mass is 10.0. The fraction of sp³-hybridized carbons (Fsp3) is 0.333. The summed E-state index contributed by atoms with van der Waals surface area (Å²) in [6, 6.07) is 6.80. The van der Waals surface area contributed by atoms with E-state index < -0.39 is 26.9 Å². The zero-order valence-corrected chi connectivity index (χ0v) is 18.4. The zero-order valence-electron chi connectivity index (χ0n) is 15.9. The first kappa shape index (κ1) is 20.8. The van der Waals surface area contributed by atoms with Gasteiger partial charge in [-0.3, -0.25) is 14.9 Å². The minimum Gasteiger partial charge on any atom is -0.319 e. The molecular weight excluding hydrogens is 448 g/mol. The van der Waals surface area contributed by atoms with Crippen molar-refractivity contribution in [3.8, 4) is 0 Å². The van der Waals surface area contributed by atoms with E-state index in [1.54, 1.807) is 29.1 Å². The smallest absolute Gasteiger partial charge is 0.271 e. The first-order chi connectivity index (χ1) is 14.3. The maximum Gasteiger partial charge on any atom is 0.271 e. The van der Waals surface area contributed by atoms with E-state index in [0.29, 0.717) is 23.2 Å². The third kappa shape index (κ3) is 3.71. The van der Waals surface area contributed by atoms with Crippen molar-refractivity contribution in [2.24, 2.45) is 12.0 Å². The van der Waals surface area contributed by atoms with Crippen LogP contribution in [-0.2, 0) is 21.9 Å². The highest BCUT2D eigenvalue weighted by Gasteiger charge is 2.38. The van der Waals surface area contributed by atoms with E-state index in [-0.39, 0.29) is 16.4 Å². The summed E-state index contributed by atoms with van der Waals surface area (Å²) in [6.07, 6.45) is 1.84. The molecule has 158 valence electrons. The van der Waals surface area contributed by atoms with E-state index in [2.05, 4.69) is 4.99 Å². The Bertz CT molecular complexity index is 1290. The fourth-order valence-corrected chi connectivity index (χ4v) is 7.24. The van der Waals surface area contributed by atoms with Gasteiger partial charge in [0, 0.05) is 25.7 Å². The van der Waals surface area contributed by atoms with Gasteiger partial charge in [-0.25, -0.2) is 8.42 Å². The van der Waals surface area contributed by atoms with Crippen molar-refractivity contribution in [1.29, 1.82) is 0 Å². The summed E-state index contributed by atoms with van der Waals surface area (Å²) in [5.74, 6) is -0.522. The van der Waals surface area contributed by atoms with Crippen LogP contribution < -0.4 is 4.80 Å². The molecule has 1 fully saturated rings. The van der Waals surface area contributed by atoms with Crippen LogP contribution in [0.15, 0.2) is 44.9 Å². The molecule has 2 aromatic heterocycles. The third-order valence-corrected chi connectivity index (χ3v) is 9.40. The molecule has 30 heavy (non-hydrogen) atoms. The largest absolute Gasteiger partial charge is 0.319 e. The Balaban J connectivity index is 1.72. The second kappa shape index (κ2) is 8.02. The van der Waals surface area contributed by atoms with Gasteiger partial charge in [0.2, 0.25) is 0 Å². The van der Waals surface area contributed by atoms with Crippen molar-refractivity contribution >= 4 is 54.5 Å². The molecule has 0 aliphatic carbocycles. The Hall–Kier alpha value is -2.41. The molecule has 0 N–H and O–H groups in total. The molecule has 1 atom stereocenters. The number of nitro groups is 1. The molecule has 9 nitrogen and oxygen atoms in total. The second-order valence-corrected chi connectivity index (χ2v) is 10.9. The molecule has 3 heterocycles. The standard InChI is InChI=1S/C18H18N4O5S3/c1-20-14-11-12(22(24)25)7-8-15(14)29-18(20)19-17(23)13-5-2-3-9-21(13)30(26,27)16-6-4-10-28-16/h4,6-8,10-11,13H,2-3,5,9H2,1H3. The summed E-state index contributed by atoms with van der Waals surface area (Å²) in [7, 11) is -2.09. The number of hydrogen-bond donors (Lipinski definition) is 0. The van der Waals surface area contributed by atoms with Crippen molar-refractivity contribution < 1.29 is 18.1 Å². The predicted molar refractivity (Wildman–Crippen MR) is 114 cm³/mol. The maximum absolute atomic E-state index is 13.0. The van der Waals surface area contributed by atoms with E-state index in [1.807, 2.05) is 0 Å². The number of non-ortho nitro benzene ring substituents is 1. The number of piperidine rings is 1. The second-order valence-electron chi connectivity index (χ2n) is 6.86. The van der Waals surface area contributed by atoms with Gasteiger partial charge in [0.15, 0.2) is 4.80 Å². The number of nitro benzene ring substituents is 1. The SMILES string of the molecule is Cn1c(=NC(=O)C2CCCCN2S(=O)(=O)c2cccs2)sc2ccc([N+](=O)[O-])cc21. The molecule has 0 spiro atoms. The first-order valence-corrected chi connectivity index (χ1v) is 12.3. The van der Waals surface area contributed by atoms with Crippen LogP contribution in [0.4, 0.5) is 5.69 Å². The molecule has 0 bridgehead atoms. The molecule has 12 heteroatoms. The summed E-state index contributed by atoms with van der Waals surface area (Å²) < 4.78 is 29.8. The summed E-state index contributed by atoms with van der Waals surface area (Å²) in [4.78, 5) is 28.2. The number of aryl methyl sites for hydroxylation is 1. The van der Waals surface area contributed by atoms with Gasteiger partial charge in [0.1, 0.15) is 10.3 Å². The first-order valence-electron chi connectivity index (χ1n) is 9.17. The Morgan fingerprint density at radius 2 is 2.10 bits per heavy atom. The number of amides is 1. The summed E-state index contributed by atoms with van der Waals surface area (Å²) >= 11 is 2.35. The van der Waals surface area contributed by atoms with E-state index in [4.69, 9.17) is 0 Å². The van der Waals surface area contributed by atoms with Gasteiger partial charge < -0.3 is 4.57 Å². The van der Waals surface area contributed by atoms with Crippen molar-refractivity contribution in [2.45, 2.75) is 29.5 Å². The van der Waals surface area contributed by atoms with Gasteiger partial charge in [-0.15, -0.1) is 11.3 Å². The quantitative estimate of drug-likeness (QED) is 0.433. The van der Waals surface area contributed by atoms with Crippen LogP contribution in [0.2, 0.25) is 0 Å². The summed E-state index contributed by atoms with van der Waals surface area (Å²) in [6.45, 7) is 0.275. The van der Waals surface area contributed by atoms with Crippen LogP contribution in [-0.4, -0.2) is 40.7 Å². The predicted octanol–water partition coefficient (Wildman–Crippen LogP) is 2.88. The summed E-state index contributed by atoms with van der Waals surface area (Å²) in [5, 5.41) is 12.7. The monoisotopic (exact) mass is 466 g/mol. The number of fused-ring (bicyclic) bond motifs is 1. The normalized spacial score (nSPS) is 18.7. The number of thiophene rings is 1. The maximum atomic E-state index is 13.0. The molecule has 1 saturated heterocycles. The van der Waals surface area contributed by atoms with Crippen molar-refractivity contribution in [3.63, 3.8) is 0 Å². The molecular formula is C18H18N4O5S3. The van der Waals surface area contributed by atoms with E-state index in [0.717, 1.165) is 22.5 Å². The zero-order chi connectivity index (χ0) is 21.5. The van der Waals surface area contributed by atoms with E-state index in [9.17, 15) is 23.3 Å². The number of thiazole rings is 1. The van der Waals surface area contributed by atoms with Gasteiger partial charge in [-0.05, 0) is 30.4 Å². The highest BCUT2D eigenvalue weighted by Crippen LogP contribution is 2.28. The third-order valence-electron chi connectivity index (χ3n) is 5.01. The number of sulfonamides is 1. The number of hydrogen-bond acceptors (Lipinski definition) is 7. The molecule has 1 aliphatic rings. The Kier molecular flexibility index (Phi) is 5.57. The average molecular weight is 467 g/mol. The number of aromatic nitrogens is 1. The molecule has 0 saturated carbocycles. The molecule has 1 unspecified atom stereocenters. The van der Waals surface area contributed by atoms with Gasteiger partial charge in [0.05, 0.1) is 15.1 Å². The molecule has 3 aromatic rings. The molecule has 4 rings (SSSR count). The van der Waals surface area contributed by atoms with Crippen LogP contribution in [0.25, 0.3) is 10.2 Å². The number of benzene rings is 1. The van der Waals surface area contributed by atoms with Crippen LogP contribution in [0.5, 0.6) is 0 Å². The van der Waals surface area contributed by atoms with E-state index >= 15 is 0 Å². The Morgan fingerprint density at radius 3 is 2.80 bits per heavy atom. The van der Waals surface area contributed by atoms with Gasteiger partial charge in [-0.2, -0.15) is 9.30 Å². The minimum absolute atomic E-state index is 0.0470. The Labute approximate surface area is 180 Å². The fourth-order valence-electron chi connectivity index (χ4n) is 3.47. The number of rotatable bonds is 4. The number of nitrogens with zero attached hydrogens (tertiary/aromatic N) is 4. The topological polar surface area (TPSA) is 115 Å². The van der Waals surface area contributed by atoms with Crippen LogP contribution in [0.3, 0.4) is 0 Å². The molecule has 1 aliphatic heterocycles. The van der Waals surface area contributed by atoms with Gasteiger partial charge in [-0.1, -0.05) is 23.8 Å². The van der Waals surface area contributed by atoms with Crippen molar-refractivity contribution in [1.82, 2.24) is 8.87 Å². The number of carbonyl (C=O) groups is 1.